The van der Waals surface area contributed by atoms with Gasteiger partial charge in [-0.2, -0.15) is 10.2 Å². The van der Waals surface area contributed by atoms with Crippen LogP contribution < -0.4 is 0 Å². The molecule has 4 rings (SSSR count). The summed E-state index contributed by atoms with van der Waals surface area (Å²) >= 11 is 15.9. The lowest BCUT2D eigenvalue weighted by molar-refractivity contribution is 0.483. The van der Waals surface area contributed by atoms with Crippen LogP contribution >= 0.6 is 46.3 Å². The highest BCUT2D eigenvalue weighted by atomic mass is 35.5. The Hall–Kier alpha value is -1.80. The monoisotopic (exact) mass is 519 g/mol. The highest BCUT2D eigenvalue weighted by molar-refractivity contribution is 8.01. The molecule has 4 aromatic rings. The number of halogens is 2. The van der Waals surface area contributed by atoms with E-state index in [4.69, 9.17) is 33.3 Å². The zero-order chi connectivity index (χ0) is 23.9. The van der Waals surface area contributed by atoms with E-state index < -0.39 is 0 Å². The van der Waals surface area contributed by atoms with Crippen LogP contribution in [0.25, 0.3) is 27.5 Å². The van der Waals surface area contributed by atoms with E-state index in [9.17, 15) is 0 Å². The smallest absolute Gasteiger partial charge is 0.212 e. The number of nitrogens with zero attached hydrogens (tertiary/aromatic N) is 5. The Kier molecular flexibility index (Phi) is 7.24. The molecule has 0 aliphatic rings. The van der Waals surface area contributed by atoms with Gasteiger partial charge in [0.1, 0.15) is 0 Å². The number of aromatic nitrogens is 5. The van der Waals surface area contributed by atoms with Crippen molar-refractivity contribution < 1.29 is 0 Å². The van der Waals surface area contributed by atoms with Crippen LogP contribution in [0.3, 0.4) is 0 Å². The Labute approximate surface area is 213 Å². The van der Waals surface area contributed by atoms with Crippen molar-refractivity contribution in [3.63, 3.8) is 0 Å². The van der Waals surface area contributed by atoms with Gasteiger partial charge in [0.25, 0.3) is 0 Å². The largest absolute Gasteiger partial charge is 0.272 e. The van der Waals surface area contributed by atoms with Gasteiger partial charge in [0.15, 0.2) is 0 Å². The summed E-state index contributed by atoms with van der Waals surface area (Å²) in [4.78, 5) is 5.00. The third-order valence-corrected chi connectivity index (χ3v) is 8.05. The Bertz CT molecular complexity index is 1290. The van der Waals surface area contributed by atoms with Crippen LogP contribution in [0, 0.1) is 19.8 Å². The van der Waals surface area contributed by atoms with Crippen LogP contribution in [0.15, 0.2) is 34.8 Å². The highest BCUT2D eigenvalue weighted by Gasteiger charge is 2.22. The molecule has 0 aliphatic carbocycles. The third kappa shape index (κ3) is 5.16. The molecule has 174 valence electrons. The molecule has 3 heterocycles. The average Bonchev–Trinajstić information content (AvgIpc) is 3.41. The third-order valence-electron chi connectivity index (χ3n) is 5.07. The maximum atomic E-state index is 6.31. The van der Waals surface area contributed by atoms with E-state index in [1.54, 1.807) is 23.1 Å². The lowest BCUT2D eigenvalue weighted by atomic mass is 10.1. The predicted octanol–water partition coefficient (Wildman–Crippen LogP) is 7.94. The average molecular weight is 521 g/mol. The molecule has 0 bridgehead atoms. The fraction of sp³-hybridized carbons (Fsp3) is 0.375. The topological polar surface area (TPSA) is 48.5 Å². The SMILES string of the molecule is Cc1nn(-c2nc(-c3ccc(Cl)c(Cl)c3)c(SC(C)C)s2)c(C)c1-c1cnn(CC(C)C)c1. The molecule has 0 saturated heterocycles. The molecule has 0 fully saturated rings. The fourth-order valence-corrected chi connectivity index (χ4v) is 6.54. The maximum absolute atomic E-state index is 6.31. The van der Waals surface area contributed by atoms with E-state index in [0.717, 1.165) is 49.7 Å². The molecule has 0 N–H and O–H groups in total. The van der Waals surface area contributed by atoms with E-state index >= 15 is 0 Å². The van der Waals surface area contributed by atoms with Gasteiger partial charge in [0, 0.05) is 34.7 Å². The summed E-state index contributed by atoms with van der Waals surface area (Å²) in [7, 11) is 0. The minimum atomic E-state index is 0.419. The Morgan fingerprint density at radius 2 is 1.82 bits per heavy atom. The molecule has 0 unspecified atom stereocenters. The molecule has 0 saturated carbocycles. The summed E-state index contributed by atoms with van der Waals surface area (Å²) in [6.07, 6.45) is 4.02. The molecule has 0 amide bonds. The van der Waals surface area contributed by atoms with Crippen LogP contribution in [0.4, 0.5) is 0 Å². The second-order valence-corrected chi connectivity index (χ2v) is 12.4. The van der Waals surface area contributed by atoms with Gasteiger partial charge in [-0.25, -0.2) is 9.67 Å². The zero-order valence-corrected chi connectivity index (χ0v) is 22.7. The summed E-state index contributed by atoms with van der Waals surface area (Å²) < 4.78 is 5.08. The second-order valence-electron chi connectivity index (χ2n) is 8.73. The van der Waals surface area contributed by atoms with Crippen molar-refractivity contribution in [3.8, 4) is 27.5 Å². The molecular formula is C24H27Cl2N5S2. The number of thiazole rings is 1. The first-order valence-electron chi connectivity index (χ1n) is 10.9. The van der Waals surface area contributed by atoms with Gasteiger partial charge in [-0.1, -0.05) is 68.3 Å². The molecule has 5 nitrogen and oxygen atoms in total. The minimum Gasteiger partial charge on any atom is -0.272 e. The Morgan fingerprint density at radius 3 is 2.48 bits per heavy atom. The predicted molar refractivity (Wildman–Crippen MR) is 141 cm³/mol. The summed E-state index contributed by atoms with van der Waals surface area (Å²) in [5, 5.41) is 11.7. The van der Waals surface area contributed by atoms with Crippen LogP contribution in [0.5, 0.6) is 0 Å². The van der Waals surface area contributed by atoms with E-state index in [2.05, 4.69) is 45.9 Å². The molecular weight excluding hydrogens is 493 g/mol. The van der Waals surface area contributed by atoms with E-state index in [0.29, 0.717) is 21.2 Å². The summed E-state index contributed by atoms with van der Waals surface area (Å²) in [6, 6.07) is 5.66. The molecule has 0 aliphatic heterocycles. The summed E-state index contributed by atoms with van der Waals surface area (Å²) in [5.41, 5.74) is 6.05. The minimum absolute atomic E-state index is 0.419. The van der Waals surface area contributed by atoms with E-state index in [1.165, 1.54) is 0 Å². The number of thioether (sulfide) groups is 1. The van der Waals surface area contributed by atoms with Crippen molar-refractivity contribution in [1.82, 2.24) is 24.5 Å². The lowest BCUT2D eigenvalue weighted by Gasteiger charge is -2.05. The van der Waals surface area contributed by atoms with Gasteiger partial charge in [-0.15, -0.1) is 11.8 Å². The van der Waals surface area contributed by atoms with Crippen molar-refractivity contribution in [3.05, 3.63) is 52.0 Å². The van der Waals surface area contributed by atoms with Gasteiger partial charge in [-0.05, 0) is 31.9 Å². The molecule has 0 spiro atoms. The van der Waals surface area contributed by atoms with Crippen molar-refractivity contribution in [1.29, 1.82) is 0 Å². The van der Waals surface area contributed by atoms with Gasteiger partial charge in [0.05, 0.1) is 37.5 Å². The highest BCUT2D eigenvalue weighted by Crippen LogP contribution is 2.41. The van der Waals surface area contributed by atoms with Crippen molar-refractivity contribution in [2.45, 2.75) is 57.5 Å². The first kappa shape index (κ1) is 24.3. The number of hydrogen-bond donors (Lipinski definition) is 0. The maximum Gasteiger partial charge on any atom is 0.212 e. The number of rotatable bonds is 7. The quantitative estimate of drug-likeness (QED) is 0.232. The first-order valence-corrected chi connectivity index (χ1v) is 13.3. The molecule has 33 heavy (non-hydrogen) atoms. The molecule has 1 aromatic carbocycles. The van der Waals surface area contributed by atoms with Crippen LogP contribution in [-0.4, -0.2) is 29.8 Å². The van der Waals surface area contributed by atoms with Crippen LogP contribution in [0.2, 0.25) is 10.0 Å². The molecule has 0 radical (unpaired) electrons. The van der Waals surface area contributed by atoms with Crippen molar-refractivity contribution >= 4 is 46.3 Å². The molecule has 0 atom stereocenters. The van der Waals surface area contributed by atoms with Crippen LogP contribution in [-0.2, 0) is 6.54 Å². The molecule has 9 heteroatoms. The standard InChI is InChI=1S/C24H27Cl2N5S2/c1-13(2)11-30-12-18(10-27-30)21-15(5)29-31(16(21)6)24-28-22(23(33-24)32-14(3)4)17-7-8-19(25)20(26)9-17/h7-10,12-14H,11H2,1-6H3. The first-order chi connectivity index (χ1) is 15.6. The second kappa shape index (κ2) is 9.82. The van der Waals surface area contributed by atoms with Crippen molar-refractivity contribution in [2.75, 3.05) is 0 Å². The van der Waals surface area contributed by atoms with Crippen LogP contribution in [0.1, 0.15) is 39.1 Å². The number of aryl methyl sites for hydroxylation is 1. The van der Waals surface area contributed by atoms with Gasteiger partial charge in [-0.3, -0.25) is 4.68 Å². The fourth-order valence-electron chi connectivity index (χ4n) is 3.72. The van der Waals surface area contributed by atoms with E-state index in [1.807, 2.05) is 40.7 Å². The summed E-state index contributed by atoms with van der Waals surface area (Å²) in [5.74, 6) is 0.537. The number of hydrogen-bond acceptors (Lipinski definition) is 5. The van der Waals surface area contributed by atoms with Gasteiger partial charge < -0.3 is 0 Å². The Morgan fingerprint density at radius 1 is 1.06 bits per heavy atom. The van der Waals surface area contributed by atoms with E-state index in [-0.39, 0.29) is 0 Å². The molecule has 3 aromatic heterocycles. The normalized spacial score (nSPS) is 11.8. The zero-order valence-electron chi connectivity index (χ0n) is 19.6. The van der Waals surface area contributed by atoms with Gasteiger partial charge in [0.2, 0.25) is 5.13 Å². The lowest BCUT2D eigenvalue weighted by Crippen LogP contribution is -2.04. The Balaban J connectivity index is 1.78. The van der Waals surface area contributed by atoms with Gasteiger partial charge >= 0.3 is 0 Å². The summed E-state index contributed by atoms with van der Waals surface area (Å²) in [6.45, 7) is 13.8. The van der Waals surface area contributed by atoms with Crippen molar-refractivity contribution in [2.24, 2.45) is 5.92 Å². The number of benzene rings is 1.